The van der Waals surface area contributed by atoms with E-state index in [4.69, 9.17) is 16.3 Å². The summed E-state index contributed by atoms with van der Waals surface area (Å²) in [6.07, 6.45) is 5.44. The van der Waals surface area contributed by atoms with Gasteiger partial charge in [-0.2, -0.15) is 0 Å². The number of halogens is 1. The van der Waals surface area contributed by atoms with Gasteiger partial charge >= 0.3 is 0 Å². The zero-order chi connectivity index (χ0) is 30.8. The van der Waals surface area contributed by atoms with Crippen molar-refractivity contribution in [1.29, 1.82) is 0 Å². The van der Waals surface area contributed by atoms with Crippen LogP contribution in [0.2, 0.25) is 5.02 Å². The van der Waals surface area contributed by atoms with Crippen molar-refractivity contribution < 1.29 is 22.7 Å². The van der Waals surface area contributed by atoms with Crippen LogP contribution in [0.15, 0.2) is 83.8 Å². The number of hydrogen-bond donors (Lipinski definition) is 1. The van der Waals surface area contributed by atoms with E-state index in [1.165, 1.54) is 17.0 Å². The number of carbonyl (C=O) groups excluding carboxylic acids is 2. The molecule has 2 amide bonds. The van der Waals surface area contributed by atoms with Crippen molar-refractivity contribution >= 4 is 39.1 Å². The Balaban J connectivity index is 1.73. The molecule has 4 rings (SSSR count). The molecule has 1 N–H and O–H groups in total. The number of anilines is 1. The largest absolute Gasteiger partial charge is 0.492 e. The normalized spacial score (nSPS) is 14.5. The first-order valence-corrected chi connectivity index (χ1v) is 16.7. The van der Waals surface area contributed by atoms with Gasteiger partial charge in [0.15, 0.2) is 0 Å². The quantitative estimate of drug-likeness (QED) is 0.244. The van der Waals surface area contributed by atoms with Crippen LogP contribution in [-0.4, -0.2) is 50.4 Å². The average molecular weight is 626 g/mol. The van der Waals surface area contributed by atoms with Gasteiger partial charge in [0.25, 0.3) is 10.0 Å². The molecule has 3 aromatic rings. The maximum atomic E-state index is 14.3. The van der Waals surface area contributed by atoms with Crippen molar-refractivity contribution in [3.8, 4) is 5.75 Å². The number of nitrogens with one attached hydrogen (secondary N) is 1. The van der Waals surface area contributed by atoms with Crippen molar-refractivity contribution in [2.75, 3.05) is 17.5 Å². The first-order chi connectivity index (χ1) is 20.7. The van der Waals surface area contributed by atoms with Gasteiger partial charge in [-0.3, -0.25) is 13.9 Å². The Bertz CT molecular complexity index is 1460. The molecule has 8 nitrogen and oxygen atoms in total. The van der Waals surface area contributed by atoms with Gasteiger partial charge in [0.1, 0.15) is 18.3 Å². The maximum Gasteiger partial charge on any atom is 0.264 e. The molecule has 43 heavy (non-hydrogen) atoms. The molecule has 1 unspecified atom stereocenters. The van der Waals surface area contributed by atoms with Gasteiger partial charge in [-0.05, 0) is 68.1 Å². The molecule has 1 saturated carbocycles. The molecule has 1 atom stereocenters. The predicted octanol–water partition coefficient (Wildman–Crippen LogP) is 6.19. The Morgan fingerprint density at radius 2 is 1.58 bits per heavy atom. The maximum absolute atomic E-state index is 14.3. The lowest BCUT2D eigenvalue weighted by Gasteiger charge is -2.34. The fourth-order valence-corrected chi connectivity index (χ4v) is 7.00. The van der Waals surface area contributed by atoms with E-state index in [2.05, 4.69) is 5.32 Å². The summed E-state index contributed by atoms with van der Waals surface area (Å²) < 4.78 is 35.0. The van der Waals surface area contributed by atoms with Crippen LogP contribution >= 0.6 is 11.6 Å². The van der Waals surface area contributed by atoms with Gasteiger partial charge in [-0.1, -0.05) is 80.3 Å². The summed E-state index contributed by atoms with van der Waals surface area (Å²) in [6, 6.07) is 21.1. The van der Waals surface area contributed by atoms with Gasteiger partial charge in [0.05, 0.1) is 17.2 Å². The van der Waals surface area contributed by atoms with Gasteiger partial charge in [0.2, 0.25) is 11.8 Å². The second-order valence-electron chi connectivity index (χ2n) is 10.6. The third-order valence-electron chi connectivity index (χ3n) is 7.65. The van der Waals surface area contributed by atoms with Crippen molar-refractivity contribution in [2.45, 2.75) is 75.9 Å². The van der Waals surface area contributed by atoms with Gasteiger partial charge < -0.3 is 15.0 Å². The first-order valence-electron chi connectivity index (χ1n) is 14.9. The Hall–Kier alpha value is -3.56. The number of sulfonamides is 1. The Labute approximate surface area is 260 Å². The van der Waals surface area contributed by atoms with E-state index in [0.717, 1.165) is 42.0 Å². The number of amides is 2. The summed E-state index contributed by atoms with van der Waals surface area (Å²) in [7, 11) is -4.19. The number of para-hydroxylation sites is 2. The average Bonchev–Trinajstić information content (AvgIpc) is 3.02. The number of nitrogens with zero attached hydrogens (tertiary/aromatic N) is 2. The summed E-state index contributed by atoms with van der Waals surface area (Å²) in [5.74, 6) is -0.404. The molecule has 1 aliphatic carbocycles. The first kappa shape index (κ1) is 32.4. The molecule has 0 spiro atoms. The smallest absolute Gasteiger partial charge is 0.264 e. The number of ether oxygens (including phenoxy) is 1. The molecule has 3 aromatic carbocycles. The third kappa shape index (κ3) is 8.30. The molecule has 0 aliphatic heterocycles. The lowest BCUT2D eigenvalue weighted by Crippen LogP contribution is -2.54. The molecule has 1 fully saturated rings. The fourth-order valence-electron chi connectivity index (χ4n) is 5.42. The number of benzene rings is 3. The van der Waals surface area contributed by atoms with Crippen molar-refractivity contribution in [2.24, 2.45) is 0 Å². The van der Waals surface area contributed by atoms with Crippen LogP contribution < -0.4 is 14.4 Å². The van der Waals surface area contributed by atoms with Crippen LogP contribution in [0.5, 0.6) is 5.75 Å². The van der Waals surface area contributed by atoms with E-state index in [0.29, 0.717) is 23.8 Å². The molecule has 0 radical (unpaired) electrons. The van der Waals surface area contributed by atoms with Crippen molar-refractivity contribution in [1.82, 2.24) is 10.2 Å². The van der Waals surface area contributed by atoms with E-state index in [9.17, 15) is 18.0 Å². The van der Waals surface area contributed by atoms with Crippen LogP contribution in [0.4, 0.5) is 5.69 Å². The lowest BCUT2D eigenvalue weighted by atomic mass is 9.95. The van der Waals surface area contributed by atoms with Gasteiger partial charge in [-0.25, -0.2) is 8.42 Å². The Kier molecular flexibility index (Phi) is 11.5. The van der Waals surface area contributed by atoms with E-state index in [-0.39, 0.29) is 29.1 Å². The van der Waals surface area contributed by atoms with Crippen molar-refractivity contribution in [3.63, 3.8) is 0 Å². The minimum Gasteiger partial charge on any atom is -0.492 e. The second kappa shape index (κ2) is 15.3. The zero-order valence-corrected chi connectivity index (χ0v) is 26.3. The predicted molar refractivity (Wildman–Crippen MR) is 170 cm³/mol. The van der Waals surface area contributed by atoms with Crippen LogP contribution in [-0.2, 0) is 26.2 Å². The van der Waals surface area contributed by atoms with E-state index in [1.807, 2.05) is 13.8 Å². The summed E-state index contributed by atoms with van der Waals surface area (Å²) >= 11 is 6.12. The highest BCUT2D eigenvalue weighted by Gasteiger charge is 2.35. The Morgan fingerprint density at radius 3 is 2.23 bits per heavy atom. The van der Waals surface area contributed by atoms with Crippen LogP contribution in [0, 0.1) is 0 Å². The molecular formula is C33H40ClN3O5S. The second-order valence-corrected chi connectivity index (χ2v) is 12.9. The number of hydrogen-bond acceptors (Lipinski definition) is 5. The summed E-state index contributed by atoms with van der Waals surface area (Å²) in [4.78, 5) is 29.5. The van der Waals surface area contributed by atoms with Crippen LogP contribution in [0.3, 0.4) is 0 Å². The highest BCUT2D eigenvalue weighted by atomic mass is 35.5. The SMILES string of the molecule is CCOc1ccccc1N(CC(=O)N(Cc1ccc(Cl)cc1)C(CC)C(=O)NC1CCCCC1)S(=O)(=O)c1ccccc1. The van der Waals surface area contributed by atoms with Gasteiger partial charge in [0, 0.05) is 17.6 Å². The summed E-state index contributed by atoms with van der Waals surface area (Å²) in [5.41, 5.74) is 1.02. The molecule has 230 valence electrons. The molecule has 0 bridgehead atoms. The standard InChI is InChI=1S/C33H40ClN3O5S/c1-3-29(33(39)35-27-13-7-5-8-14-27)36(23-25-19-21-26(34)22-20-25)32(38)24-37(30-17-11-12-18-31(30)42-4-2)43(40,41)28-15-9-6-10-16-28/h6,9-12,15-22,27,29H,3-5,7-8,13-14,23-24H2,1-2H3,(H,35,39). The molecule has 0 heterocycles. The number of carbonyl (C=O) groups is 2. The number of rotatable bonds is 13. The molecule has 10 heteroatoms. The van der Waals surface area contributed by atoms with E-state index < -0.39 is 28.5 Å². The fraction of sp³-hybridized carbons (Fsp3) is 0.394. The van der Waals surface area contributed by atoms with Crippen LogP contribution in [0.1, 0.15) is 57.9 Å². The van der Waals surface area contributed by atoms with Gasteiger partial charge in [-0.15, -0.1) is 0 Å². The topological polar surface area (TPSA) is 96.0 Å². The third-order valence-corrected chi connectivity index (χ3v) is 9.67. The summed E-state index contributed by atoms with van der Waals surface area (Å²) in [6.45, 7) is 3.56. The van der Waals surface area contributed by atoms with Crippen molar-refractivity contribution in [3.05, 3.63) is 89.4 Å². The monoisotopic (exact) mass is 625 g/mol. The minimum absolute atomic E-state index is 0.0421. The molecule has 0 saturated heterocycles. The summed E-state index contributed by atoms with van der Waals surface area (Å²) in [5, 5.41) is 3.71. The van der Waals surface area contributed by atoms with Crippen LogP contribution in [0.25, 0.3) is 0 Å². The molecule has 0 aromatic heterocycles. The highest BCUT2D eigenvalue weighted by molar-refractivity contribution is 7.92. The van der Waals surface area contributed by atoms with E-state index in [1.54, 1.807) is 66.7 Å². The zero-order valence-electron chi connectivity index (χ0n) is 24.7. The Morgan fingerprint density at radius 1 is 0.930 bits per heavy atom. The molecule has 1 aliphatic rings. The molecular weight excluding hydrogens is 586 g/mol. The van der Waals surface area contributed by atoms with E-state index >= 15 is 0 Å². The lowest BCUT2D eigenvalue weighted by molar-refractivity contribution is -0.140. The highest BCUT2D eigenvalue weighted by Crippen LogP contribution is 2.33. The minimum atomic E-state index is -4.19.